The largest absolute Gasteiger partial charge is 0.497 e. The lowest BCUT2D eigenvalue weighted by Gasteiger charge is -2.38. The number of fused-ring (bicyclic) bond motifs is 2. The zero-order valence-corrected chi connectivity index (χ0v) is 19.9. The van der Waals surface area contributed by atoms with E-state index in [1.165, 1.54) is 4.90 Å². The number of carbonyl (C=O) groups excluding carboxylic acids is 1. The van der Waals surface area contributed by atoms with Crippen molar-refractivity contribution in [2.24, 2.45) is 7.05 Å². The third-order valence-electron chi connectivity index (χ3n) is 6.17. The van der Waals surface area contributed by atoms with Crippen molar-refractivity contribution in [3.63, 3.8) is 0 Å². The van der Waals surface area contributed by atoms with Gasteiger partial charge in [-0.05, 0) is 72.6 Å². The lowest BCUT2D eigenvalue weighted by molar-refractivity contribution is -0.115. The number of hydrogen-bond acceptors (Lipinski definition) is 4. The molecule has 1 aliphatic heterocycles. The van der Waals surface area contributed by atoms with E-state index in [9.17, 15) is 18.0 Å². The minimum atomic E-state index is -4.36. The van der Waals surface area contributed by atoms with Gasteiger partial charge in [0.25, 0.3) is 0 Å². The Hall–Kier alpha value is -4.21. The van der Waals surface area contributed by atoms with E-state index in [4.69, 9.17) is 4.74 Å². The van der Waals surface area contributed by atoms with Crippen LogP contribution in [0.4, 0.5) is 40.7 Å². The SMILES string of the molecule is COc1ccc(N2C(=O)N(c3ccc4nn(C)cc4c3)Cc3c(C)cc(NCC(F)(F)F)cc32)cc1. The second kappa shape index (κ2) is 8.78. The van der Waals surface area contributed by atoms with E-state index in [0.717, 1.165) is 22.0 Å². The standard InChI is InChI=1S/C26H24F3N5O2/c1-16-10-18(30-15-26(27,28)29)12-24-22(16)14-33(20-6-9-23-17(11-20)13-32(2)31-23)25(35)34(24)19-4-7-21(36-3)8-5-19/h4-13,30H,14-15H2,1-3H3. The maximum Gasteiger partial charge on any atom is 0.405 e. The van der Waals surface area contributed by atoms with E-state index in [2.05, 4.69) is 10.4 Å². The molecule has 1 aliphatic rings. The Labute approximate surface area is 205 Å². The number of carbonyl (C=O) groups is 1. The van der Waals surface area contributed by atoms with Crippen LogP contribution in [0.2, 0.25) is 0 Å². The molecule has 10 heteroatoms. The minimum absolute atomic E-state index is 0.276. The monoisotopic (exact) mass is 495 g/mol. The van der Waals surface area contributed by atoms with Crippen LogP contribution in [0.5, 0.6) is 5.75 Å². The first-order valence-corrected chi connectivity index (χ1v) is 11.3. The molecule has 3 aromatic carbocycles. The van der Waals surface area contributed by atoms with Crippen LogP contribution in [0.3, 0.4) is 0 Å². The Balaban J connectivity index is 1.61. The number of urea groups is 1. The van der Waals surface area contributed by atoms with Crippen molar-refractivity contribution in [3.8, 4) is 5.75 Å². The summed E-state index contributed by atoms with van der Waals surface area (Å²) >= 11 is 0. The number of aromatic nitrogens is 2. The fraction of sp³-hybridized carbons (Fsp3) is 0.231. The quantitative estimate of drug-likeness (QED) is 0.361. The summed E-state index contributed by atoms with van der Waals surface area (Å²) in [5.41, 5.74) is 4.53. The molecule has 0 fully saturated rings. The maximum atomic E-state index is 13.9. The number of halogens is 3. The van der Waals surface area contributed by atoms with E-state index < -0.39 is 12.7 Å². The summed E-state index contributed by atoms with van der Waals surface area (Å²) in [5.74, 6) is 0.624. The molecule has 0 bridgehead atoms. The zero-order valence-electron chi connectivity index (χ0n) is 19.9. The normalized spacial score (nSPS) is 13.8. The highest BCUT2D eigenvalue weighted by Gasteiger charge is 2.34. The highest BCUT2D eigenvalue weighted by molar-refractivity contribution is 6.12. The molecule has 186 valence electrons. The van der Waals surface area contributed by atoms with E-state index in [1.807, 2.05) is 38.4 Å². The second-order valence-corrected chi connectivity index (χ2v) is 8.71. The van der Waals surface area contributed by atoms with E-state index in [0.29, 0.717) is 28.5 Å². The van der Waals surface area contributed by atoms with Gasteiger partial charge in [0, 0.05) is 30.0 Å². The molecule has 1 N–H and O–H groups in total. The molecule has 0 saturated heterocycles. The fourth-order valence-electron chi connectivity index (χ4n) is 4.44. The van der Waals surface area contributed by atoms with Crippen molar-refractivity contribution in [2.45, 2.75) is 19.6 Å². The van der Waals surface area contributed by atoms with Crippen LogP contribution in [0.1, 0.15) is 11.1 Å². The van der Waals surface area contributed by atoms with Crippen LogP contribution in [0.25, 0.3) is 10.9 Å². The summed E-state index contributed by atoms with van der Waals surface area (Å²) in [6.45, 7) is 0.943. The summed E-state index contributed by atoms with van der Waals surface area (Å²) < 4.78 is 45.5. The zero-order chi connectivity index (χ0) is 25.6. The summed E-state index contributed by atoms with van der Waals surface area (Å²) in [6.07, 6.45) is -2.48. The van der Waals surface area contributed by atoms with Crippen molar-refractivity contribution < 1.29 is 22.7 Å². The molecule has 5 rings (SSSR count). The van der Waals surface area contributed by atoms with Gasteiger partial charge < -0.3 is 10.1 Å². The number of nitrogens with zero attached hydrogens (tertiary/aromatic N) is 4. The first-order valence-electron chi connectivity index (χ1n) is 11.3. The van der Waals surface area contributed by atoms with Crippen molar-refractivity contribution in [1.29, 1.82) is 0 Å². The highest BCUT2D eigenvalue weighted by atomic mass is 19.4. The van der Waals surface area contributed by atoms with Gasteiger partial charge in [0.05, 0.1) is 30.5 Å². The van der Waals surface area contributed by atoms with E-state index >= 15 is 0 Å². The lowest BCUT2D eigenvalue weighted by Crippen LogP contribution is -2.45. The van der Waals surface area contributed by atoms with Gasteiger partial charge in [0.2, 0.25) is 0 Å². The minimum Gasteiger partial charge on any atom is -0.497 e. The van der Waals surface area contributed by atoms with Gasteiger partial charge >= 0.3 is 12.2 Å². The molecule has 4 aromatic rings. The summed E-state index contributed by atoms with van der Waals surface area (Å²) in [4.78, 5) is 17.1. The number of amides is 2. The first-order chi connectivity index (χ1) is 17.1. The van der Waals surface area contributed by atoms with Gasteiger partial charge in [-0.3, -0.25) is 14.5 Å². The van der Waals surface area contributed by atoms with Crippen LogP contribution >= 0.6 is 0 Å². The topological polar surface area (TPSA) is 62.6 Å². The number of nitrogens with one attached hydrogen (secondary N) is 1. The van der Waals surface area contributed by atoms with Gasteiger partial charge in [-0.15, -0.1) is 0 Å². The van der Waals surface area contributed by atoms with Gasteiger partial charge in [0.1, 0.15) is 12.3 Å². The fourth-order valence-corrected chi connectivity index (χ4v) is 4.44. The van der Waals surface area contributed by atoms with Crippen molar-refractivity contribution >= 4 is 39.7 Å². The van der Waals surface area contributed by atoms with Gasteiger partial charge in [-0.25, -0.2) is 4.79 Å². The second-order valence-electron chi connectivity index (χ2n) is 8.71. The molecule has 0 spiro atoms. The number of rotatable bonds is 5. The number of methoxy groups -OCH3 is 1. The Morgan fingerprint density at radius 3 is 2.47 bits per heavy atom. The molecule has 36 heavy (non-hydrogen) atoms. The number of hydrogen-bond donors (Lipinski definition) is 1. The van der Waals surface area contributed by atoms with E-state index in [-0.39, 0.29) is 12.6 Å². The summed E-state index contributed by atoms with van der Waals surface area (Å²) in [5, 5.41) is 7.73. The Bertz CT molecular complexity index is 1450. The number of aryl methyl sites for hydroxylation is 2. The highest BCUT2D eigenvalue weighted by Crippen LogP contribution is 2.41. The number of alkyl halides is 3. The Morgan fingerprint density at radius 2 is 1.78 bits per heavy atom. The number of anilines is 4. The van der Waals surface area contributed by atoms with Crippen molar-refractivity contribution in [2.75, 3.05) is 28.8 Å². The molecule has 0 radical (unpaired) electrons. The number of ether oxygens (including phenoxy) is 1. The molecule has 2 heterocycles. The predicted octanol–water partition coefficient (Wildman–Crippen LogP) is 6.14. The molecule has 2 amide bonds. The average molecular weight is 496 g/mol. The van der Waals surface area contributed by atoms with Crippen molar-refractivity contribution in [1.82, 2.24) is 9.78 Å². The van der Waals surface area contributed by atoms with Crippen LogP contribution in [0.15, 0.2) is 60.8 Å². The molecule has 0 saturated carbocycles. The van der Waals surface area contributed by atoms with Gasteiger partial charge in [-0.1, -0.05) is 0 Å². The van der Waals surface area contributed by atoms with Crippen LogP contribution in [0, 0.1) is 6.92 Å². The molecule has 7 nitrogen and oxygen atoms in total. The molecular formula is C26H24F3N5O2. The van der Waals surface area contributed by atoms with Crippen LogP contribution in [-0.2, 0) is 13.6 Å². The predicted molar refractivity (Wildman–Crippen MR) is 133 cm³/mol. The summed E-state index contributed by atoms with van der Waals surface area (Å²) in [6, 6.07) is 15.5. The third kappa shape index (κ3) is 4.41. The maximum absolute atomic E-state index is 13.9. The molecule has 0 atom stereocenters. The smallest absolute Gasteiger partial charge is 0.405 e. The molecule has 0 aliphatic carbocycles. The molecule has 1 aromatic heterocycles. The summed E-state index contributed by atoms with van der Waals surface area (Å²) in [7, 11) is 3.38. The first kappa shape index (κ1) is 23.5. The third-order valence-corrected chi connectivity index (χ3v) is 6.17. The van der Waals surface area contributed by atoms with Crippen LogP contribution < -0.4 is 19.9 Å². The molecular weight excluding hydrogens is 471 g/mol. The van der Waals surface area contributed by atoms with Crippen molar-refractivity contribution in [3.05, 3.63) is 71.9 Å². The lowest BCUT2D eigenvalue weighted by atomic mass is 10.00. The number of benzene rings is 3. The van der Waals surface area contributed by atoms with Gasteiger partial charge in [-0.2, -0.15) is 18.3 Å². The Kier molecular flexibility index (Phi) is 5.74. The molecule has 0 unspecified atom stereocenters. The van der Waals surface area contributed by atoms with Crippen LogP contribution in [-0.4, -0.2) is 35.6 Å². The average Bonchev–Trinajstić information content (AvgIpc) is 3.21. The van der Waals surface area contributed by atoms with E-state index in [1.54, 1.807) is 53.1 Å². The van der Waals surface area contributed by atoms with Gasteiger partial charge in [0.15, 0.2) is 0 Å². The Morgan fingerprint density at radius 1 is 1.06 bits per heavy atom.